The second-order valence-electron chi connectivity index (χ2n) is 4.99. The van der Waals surface area contributed by atoms with Gasteiger partial charge in [0.1, 0.15) is 0 Å². The van der Waals surface area contributed by atoms with Crippen molar-refractivity contribution < 1.29 is 19.4 Å². The molecule has 1 aliphatic rings. The van der Waals surface area contributed by atoms with E-state index in [0.717, 1.165) is 0 Å². The Morgan fingerprint density at radius 1 is 1.38 bits per heavy atom. The molecule has 2 atom stereocenters. The minimum absolute atomic E-state index is 0.141. The summed E-state index contributed by atoms with van der Waals surface area (Å²) < 4.78 is 4.90. The van der Waals surface area contributed by atoms with E-state index in [1.807, 2.05) is 13.8 Å². The molecule has 1 saturated carbocycles. The van der Waals surface area contributed by atoms with E-state index >= 15 is 0 Å². The standard InChI is InChI=1S/C12H18O4/c1-7(2)16-9(13)6-5-8-10(11(14)15)12(8,3)4/h5-8,10H,1-4H3,(H,14,15)/p-1/b6-5+. The summed E-state index contributed by atoms with van der Waals surface area (Å²) in [5.74, 6) is -2.14. The number of hydrogen-bond donors (Lipinski definition) is 0. The zero-order valence-corrected chi connectivity index (χ0v) is 10.0. The number of carbonyl (C=O) groups is 2. The van der Waals surface area contributed by atoms with Gasteiger partial charge in [-0.2, -0.15) is 0 Å². The van der Waals surface area contributed by atoms with Gasteiger partial charge in [0.05, 0.1) is 6.10 Å². The summed E-state index contributed by atoms with van der Waals surface area (Å²) in [7, 11) is 0. The van der Waals surface area contributed by atoms with Gasteiger partial charge in [0.25, 0.3) is 0 Å². The molecule has 16 heavy (non-hydrogen) atoms. The number of carboxylic acid groups (broad SMARTS) is 1. The summed E-state index contributed by atoms with van der Waals surface area (Å²) in [6, 6.07) is 0. The van der Waals surface area contributed by atoms with Gasteiger partial charge in [-0.3, -0.25) is 0 Å². The van der Waals surface area contributed by atoms with Crippen molar-refractivity contribution in [3.05, 3.63) is 12.2 Å². The highest BCUT2D eigenvalue weighted by Crippen LogP contribution is 2.58. The molecule has 4 nitrogen and oxygen atoms in total. The Hall–Kier alpha value is -1.32. The van der Waals surface area contributed by atoms with E-state index < -0.39 is 17.9 Å². The van der Waals surface area contributed by atoms with Crippen molar-refractivity contribution >= 4 is 11.9 Å². The van der Waals surface area contributed by atoms with E-state index in [9.17, 15) is 14.7 Å². The Bertz CT molecular complexity index is 328. The second kappa shape index (κ2) is 4.28. The second-order valence-corrected chi connectivity index (χ2v) is 4.99. The lowest BCUT2D eigenvalue weighted by atomic mass is 10.1. The molecule has 0 aromatic heterocycles. The molecule has 0 aromatic rings. The fraction of sp³-hybridized carbons (Fsp3) is 0.667. The molecule has 90 valence electrons. The van der Waals surface area contributed by atoms with Gasteiger partial charge < -0.3 is 14.6 Å². The molecule has 1 rings (SSSR count). The number of carboxylic acids is 1. The summed E-state index contributed by atoms with van der Waals surface area (Å²) >= 11 is 0. The van der Waals surface area contributed by atoms with Crippen LogP contribution >= 0.6 is 0 Å². The molecule has 0 amide bonds. The number of hydrogen-bond acceptors (Lipinski definition) is 4. The molecule has 0 aromatic carbocycles. The van der Waals surface area contributed by atoms with Gasteiger partial charge in [0.2, 0.25) is 0 Å². The predicted molar refractivity (Wildman–Crippen MR) is 56.1 cm³/mol. The van der Waals surface area contributed by atoms with Crippen molar-refractivity contribution in [3.63, 3.8) is 0 Å². The fourth-order valence-electron chi connectivity index (χ4n) is 1.94. The molecule has 0 bridgehead atoms. The van der Waals surface area contributed by atoms with Crippen LogP contribution in [-0.2, 0) is 14.3 Å². The first-order valence-corrected chi connectivity index (χ1v) is 5.36. The van der Waals surface area contributed by atoms with Gasteiger partial charge in [-0.25, -0.2) is 4.79 Å². The van der Waals surface area contributed by atoms with Crippen molar-refractivity contribution in [1.29, 1.82) is 0 Å². The lowest BCUT2D eigenvalue weighted by molar-refractivity contribution is -0.309. The number of aliphatic carboxylic acids is 1. The fourth-order valence-corrected chi connectivity index (χ4v) is 1.94. The summed E-state index contributed by atoms with van der Waals surface area (Å²) in [5, 5.41) is 10.7. The first-order chi connectivity index (χ1) is 7.26. The average Bonchev–Trinajstić information content (AvgIpc) is 2.63. The van der Waals surface area contributed by atoms with E-state index in [1.165, 1.54) is 6.08 Å². The van der Waals surface area contributed by atoms with E-state index in [2.05, 4.69) is 0 Å². The van der Waals surface area contributed by atoms with Crippen molar-refractivity contribution in [2.75, 3.05) is 0 Å². The highest BCUT2D eigenvalue weighted by Gasteiger charge is 2.56. The Kier molecular flexibility index (Phi) is 3.41. The first-order valence-electron chi connectivity index (χ1n) is 5.36. The van der Waals surface area contributed by atoms with Gasteiger partial charge in [-0.1, -0.05) is 19.9 Å². The van der Waals surface area contributed by atoms with Crippen LogP contribution in [0.2, 0.25) is 0 Å². The predicted octanol–water partition coefficient (Wildman–Crippen LogP) is 0.516. The maximum absolute atomic E-state index is 11.2. The highest BCUT2D eigenvalue weighted by molar-refractivity contribution is 5.83. The normalized spacial score (nSPS) is 27.1. The maximum Gasteiger partial charge on any atom is 0.330 e. The smallest absolute Gasteiger partial charge is 0.330 e. The van der Waals surface area contributed by atoms with Crippen molar-refractivity contribution in [3.8, 4) is 0 Å². The molecule has 0 saturated heterocycles. The minimum atomic E-state index is -1.06. The quantitative estimate of drug-likeness (QED) is 0.516. The summed E-state index contributed by atoms with van der Waals surface area (Å²) in [4.78, 5) is 22.0. The van der Waals surface area contributed by atoms with Gasteiger partial charge in [0.15, 0.2) is 0 Å². The molecule has 0 heterocycles. The zero-order chi connectivity index (χ0) is 12.5. The lowest BCUT2D eigenvalue weighted by Gasteiger charge is -2.03. The largest absolute Gasteiger partial charge is 0.550 e. The van der Waals surface area contributed by atoms with Crippen LogP contribution in [0.5, 0.6) is 0 Å². The SMILES string of the molecule is CC(C)OC(=O)/C=C/C1C(C(=O)[O-])C1(C)C. The average molecular weight is 225 g/mol. The molecular weight excluding hydrogens is 208 g/mol. The molecule has 1 fully saturated rings. The number of rotatable bonds is 4. The van der Waals surface area contributed by atoms with E-state index in [-0.39, 0.29) is 17.4 Å². The van der Waals surface area contributed by atoms with Gasteiger partial charge >= 0.3 is 5.97 Å². The number of ether oxygens (including phenoxy) is 1. The van der Waals surface area contributed by atoms with Crippen LogP contribution in [0.15, 0.2) is 12.2 Å². The van der Waals surface area contributed by atoms with Gasteiger partial charge in [0, 0.05) is 18.0 Å². The van der Waals surface area contributed by atoms with Crippen LogP contribution in [0.1, 0.15) is 27.7 Å². The van der Waals surface area contributed by atoms with Crippen molar-refractivity contribution in [1.82, 2.24) is 0 Å². The number of allylic oxidation sites excluding steroid dienone is 1. The summed E-state index contributed by atoms with van der Waals surface area (Å²) in [6.07, 6.45) is 2.74. The Morgan fingerprint density at radius 3 is 2.31 bits per heavy atom. The van der Waals surface area contributed by atoms with E-state index in [4.69, 9.17) is 4.74 Å². The highest BCUT2D eigenvalue weighted by atomic mass is 16.5. The van der Waals surface area contributed by atoms with Crippen LogP contribution in [0.4, 0.5) is 0 Å². The van der Waals surface area contributed by atoms with Crippen LogP contribution in [0, 0.1) is 17.3 Å². The molecule has 0 radical (unpaired) electrons. The Labute approximate surface area is 95.3 Å². The van der Waals surface area contributed by atoms with Crippen LogP contribution in [0.3, 0.4) is 0 Å². The molecule has 0 aliphatic heterocycles. The third-order valence-corrected chi connectivity index (χ3v) is 2.96. The summed E-state index contributed by atoms with van der Waals surface area (Å²) in [5.41, 5.74) is -0.326. The summed E-state index contributed by atoms with van der Waals surface area (Å²) in [6.45, 7) is 7.21. The van der Waals surface area contributed by atoms with Crippen molar-refractivity contribution in [2.45, 2.75) is 33.8 Å². The first kappa shape index (κ1) is 12.7. The molecule has 0 N–H and O–H groups in total. The van der Waals surface area contributed by atoms with Crippen LogP contribution in [0.25, 0.3) is 0 Å². The van der Waals surface area contributed by atoms with Crippen LogP contribution in [-0.4, -0.2) is 18.0 Å². The third-order valence-electron chi connectivity index (χ3n) is 2.96. The molecular formula is C12H17O4-. The van der Waals surface area contributed by atoms with E-state index in [0.29, 0.717) is 0 Å². The van der Waals surface area contributed by atoms with Crippen molar-refractivity contribution in [2.24, 2.45) is 17.3 Å². The number of carbonyl (C=O) groups excluding carboxylic acids is 2. The number of esters is 1. The topological polar surface area (TPSA) is 66.4 Å². The Morgan fingerprint density at radius 2 is 1.94 bits per heavy atom. The Balaban J connectivity index is 2.54. The maximum atomic E-state index is 11.2. The third kappa shape index (κ3) is 2.62. The minimum Gasteiger partial charge on any atom is -0.550 e. The van der Waals surface area contributed by atoms with Gasteiger partial charge in [-0.05, 0) is 25.2 Å². The zero-order valence-electron chi connectivity index (χ0n) is 10.0. The van der Waals surface area contributed by atoms with Gasteiger partial charge in [-0.15, -0.1) is 0 Å². The van der Waals surface area contributed by atoms with Crippen LogP contribution < -0.4 is 5.11 Å². The molecule has 4 heteroatoms. The molecule has 1 aliphatic carbocycles. The lowest BCUT2D eigenvalue weighted by Crippen LogP contribution is -2.26. The van der Waals surface area contributed by atoms with E-state index in [1.54, 1.807) is 19.9 Å². The molecule has 2 unspecified atom stereocenters. The monoisotopic (exact) mass is 225 g/mol. The molecule has 0 spiro atoms.